The highest BCUT2D eigenvalue weighted by atomic mass is 16.5. The number of hydrogen-bond acceptors (Lipinski definition) is 4. The van der Waals surface area contributed by atoms with Gasteiger partial charge < -0.3 is 10.1 Å². The van der Waals surface area contributed by atoms with Crippen LogP contribution in [-0.4, -0.2) is 49.7 Å². The second-order valence-electron chi connectivity index (χ2n) is 6.94. The van der Waals surface area contributed by atoms with Crippen molar-refractivity contribution >= 4 is 5.97 Å². The van der Waals surface area contributed by atoms with Crippen molar-refractivity contribution in [3.63, 3.8) is 0 Å². The summed E-state index contributed by atoms with van der Waals surface area (Å²) >= 11 is 0. The number of morpholine rings is 1. The van der Waals surface area contributed by atoms with Gasteiger partial charge in [-0.1, -0.05) is 43.2 Å². The zero-order chi connectivity index (χ0) is 16.1. The topological polar surface area (TPSA) is 41.6 Å². The van der Waals surface area contributed by atoms with E-state index in [0.717, 1.165) is 19.5 Å². The largest absolute Gasteiger partial charge is 0.460 e. The highest BCUT2D eigenvalue weighted by Crippen LogP contribution is 2.26. The molecule has 1 aliphatic heterocycles. The Labute approximate surface area is 139 Å². The van der Waals surface area contributed by atoms with Gasteiger partial charge in [0.05, 0.1) is 6.54 Å². The summed E-state index contributed by atoms with van der Waals surface area (Å²) in [7, 11) is 2.06. The summed E-state index contributed by atoms with van der Waals surface area (Å²) in [6.45, 7) is 2.30. The summed E-state index contributed by atoms with van der Waals surface area (Å²) in [6, 6.07) is 10.9. The fraction of sp³-hybridized carbons (Fsp3) is 0.632. The zero-order valence-corrected chi connectivity index (χ0v) is 14.0. The quantitative estimate of drug-likeness (QED) is 0.846. The van der Waals surface area contributed by atoms with Crippen molar-refractivity contribution in [2.24, 2.45) is 5.92 Å². The number of carbonyl (C=O) groups excluding carboxylic acids is 1. The minimum absolute atomic E-state index is 0.0183. The van der Waals surface area contributed by atoms with E-state index in [4.69, 9.17) is 4.74 Å². The van der Waals surface area contributed by atoms with Gasteiger partial charge in [0.2, 0.25) is 0 Å². The van der Waals surface area contributed by atoms with E-state index >= 15 is 0 Å². The number of ether oxygens (including phenoxy) is 1. The lowest BCUT2D eigenvalue weighted by atomic mass is 9.84. The van der Waals surface area contributed by atoms with E-state index < -0.39 is 0 Å². The monoisotopic (exact) mass is 316 g/mol. The van der Waals surface area contributed by atoms with Crippen LogP contribution in [0.15, 0.2) is 30.3 Å². The van der Waals surface area contributed by atoms with Gasteiger partial charge in [-0.15, -0.1) is 0 Å². The Bertz CT molecular complexity index is 505. The molecule has 0 amide bonds. The molecule has 4 heteroatoms. The summed E-state index contributed by atoms with van der Waals surface area (Å²) < 4.78 is 5.57. The lowest BCUT2D eigenvalue weighted by Crippen LogP contribution is -2.50. The van der Waals surface area contributed by atoms with Crippen LogP contribution in [0.4, 0.5) is 0 Å². The van der Waals surface area contributed by atoms with Gasteiger partial charge in [0, 0.05) is 25.6 Å². The molecule has 23 heavy (non-hydrogen) atoms. The molecule has 0 bridgehead atoms. The van der Waals surface area contributed by atoms with Crippen LogP contribution in [0.5, 0.6) is 0 Å². The third-order valence-electron chi connectivity index (χ3n) is 5.19. The molecule has 3 atom stereocenters. The van der Waals surface area contributed by atoms with Gasteiger partial charge in [0.25, 0.3) is 0 Å². The summed E-state index contributed by atoms with van der Waals surface area (Å²) in [5.74, 6) is 0.575. The first kappa shape index (κ1) is 16.5. The van der Waals surface area contributed by atoms with Crippen LogP contribution in [0.25, 0.3) is 0 Å². The molecule has 126 valence electrons. The number of nitrogens with one attached hydrogen (secondary N) is 1. The van der Waals surface area contributed by atoms with Crippen molar-refractivity contribution in [2.75, 3.05) is 26.7 Å². The molecule has 2 fully saturated rings. The molecule has 1 heterocycles. The SMILES string of the molecule is CN[C@@H]1CCCC[C@H]1CN1CC(=O)O[C@@H](Cc2ccccc2)C1. The molecule has 0 radical (unpaired) electrons. The van der Waals surface area contributed by atoms with Gasteiger partial charge in [-0.05, 0) is 31.4 Å². The van der Waals surface area contributed by atoms with E-state index in [1.165, 1.54) is 31.2 Å². The van der Waals surface area contributed by atoms with Crippen LogP contribution in [0.3, 0.4) is 0 Å². The minimum atomic E-state index is -0.0750. The van der Waals surface area contributed by atoms with Gasteiger partial charge in [-0.2, -0.15) is 0 Å². The molecule has 0 spiro atoms. The van der Waals surface area contributed by atoms with E-state index in [2.05, 4.69) is 29.4 Å². The predicted octanol–water partition coefficient (Wildman–Crippen LogP) is 2.23. The Morgan fingerprint density at radius 3 is 2.78 bits per heavy atom. The number of benzene rings is 1. The maximum Gasteiger partial charge on any atom is 0.320 e. The van der Waals surface area contributed by atoms with E-state index in [9.17, 15) is 4.79 Å². The maximum atomic E-state index is 12.0. The second-order valence-corrected chi connectivity index (χ2v) is 6.94. The van der Waals surface area contributed by atoms with E-state index in [-0.39, 0.29) is 12.1 Å². The van der Waals surface area contributed by atoms with Crippen molar-refractivity contribution in [2.45, 2.75) is 44.2 Å². The van der Waals surface area contributed by atoms with Crippen molar-refractivity contribution in [1.82, 2.24) is 10.2 Å². The Balaban J connectivity index is 1.58. The van der Waals surface area contributed by atoms with Crippen molar-refractivity contribution in [3.8, 4) is 0 Å². The van der Waals surface area contributed by atoms with Crippen LogP contribution >= 0.6 is 0 Å². The molecule has 1 saturated heterocycles. The molecule has 0 aromatic heterocycles. The van der Waals surface area contributed by atoms with Crippen molar-refractivity contribution in [1.29, 1.82) is 0 Å². The summed E-state index contributed by atoms with van der Waals surface area (Å²) in [5.41, 5.74) is 1.23. The third-order valence-corrected chi connectivity index (χ3v) is 5.19. The highest BCUT2D eigenvalue weighted by molar-refractivity contribution is 5.72. The van der Waals surface area contributed by atoms with Gasteiger partial charge >= 0.3 is 5.97 Å². The summed E-state index contributed by atoms with van der Waals surface area (Å²) in [6.07, 6.45) is 5.95. The summed E-state index contributed by atoms with van der Waals surface area (Å²) in [5, 5.41) is 3.46. The number of cyclic esters (lactones) is 1. The van der Waals surface area contributed by atoms with Crippen molar-refractivity contribution < 1.29 is 9.53 Å². The van der Waals surface area contributed by atoms with Gasteiger partial charge in [0.15, 0.2) is 0 Å². The average molecular weight is 316 g/mol. The number of hydrogen-bond donors (Lipinski definition) is 1. The molecule has 1 aromatic rings. The van der Waals surface area contributed by atoms with E-state index in [1.54, 1.807) is 0 Å². The minimum Gasteiger partial charge on any atom is -0.460 e. The van der Waals surface area contributed by atoms with E-state index in [0.29, 0.717) is 18.5 Å². The first-order valence-corrected chi connectivity index (χ1v) is 8.87. The number of nitrogens with zero attached hydrogens (tertiary/aromatic N) is 1. The molecular weight excluding hydrogens is 288 g/mol. The molecule has 2 aliphatic rings. The van der Waals surface area contributed by atoms with Crippen LogP contribution in [0.1, 0.15) is 31.2 Å². The second kappa shape index (κ2) is 7.93. The fourth-order valence-electron chi connectivity index (χ4n) is 4.06. The first-order valence-electron chi connectivity index (χ1n) is 8.87. The molecule has 0 unspecified atom stereocenters. The smallest absolute Gasteiger partial charge is 0.320 e. The molecular formula is C19H28N2O2. The van der Waals surface area contributed by atoms with Gasteiger partial charge in [0.1, 0.15) is 6.10 Å². The Hall–Kier alpha value is -1.39. The van der Waals surface area contributed by atoms with E-state index in [1.807, 2.05) is 18.2 Å². The van der Waals surface area contributed by atoms with Crippen LogP contribution < -0.4 is 5.32 Å². The van der Waals surface area contributed by atoms with Gasteiger partial charge in [-0.3, -0.25) is 9.69 Å². The highest BCUT2D eigenvalue weighted by Gasteiger charge is 2.31. The normalized spacial score (nSPS) is 29.3. The third kappa shape index (κ3) is 4.55. The first-order chi connectivity index (χ1) is 11.2. The average Bonchev–Trinajstić information content (AvgIpc) is 2.56. The van der Waals surface area contributed by atoms with Crippen LogP contribution in [-0.2, 0) is 16.0 Å². The molecule has 1 aliphatic carbocycles. The Morgan fingerprint density at radius 1 is 1.22 bits per heavy atom. The fourth-order valence-corrected chi connectivity index (χ4v) is 4.06. The molecule has 4 nitrogen and oxygen atoms in total. The Morgan fingerprint density at radius 2 is 2.00 bits per heavy atom. The van der Waals surface area contributed by atoms with Gasteiger partial charge in [-0.25, -0.2) is 0 Å². The lowest BCUT2D eigenvalue weighted by Gasteiger charge is -2.38. The number of carbonyl (C=O) groups is 1. The number of rotatable bonds is 5. The standard InChI is InChI=1S/C19H28N2O2/c1-20-18-10-6-5-9-16(18)12-21-13-17(23-19(22)14-21)11-15-7-3-2-4-8-15/h2-4,7-8,16-18,20H,5-6,9-14H2,1H3/t16-,17-,18+/m0/s1. The van der Waals surface area contributed by atoms with Crippen LogP contribution in [0.2, 0.25) is 0 Å². The molecule has 1 saturated carbocycles. The molecule has 1 N–H and O–H groups in total. The summed E-state index contributed by atoms with van der Waals surface area (Å²) in [4.78, 5) is 14.3. The zero-order valence-electron chi connectivity index (χ0n) is 14.0. The molecule has 1 aromatic carbocycles. The van der Waals surface area contributed by atoms with Crippen molar-refractivity contribution in [3.05, 3.63) is 35.9 Å². The lowest BCUT2D eigenvalue weighted by molar-refractivity contribution is -0.159. The Kier molecular flexibility index (Phi) is 5.68. The maximum absolute atomic E-state index is 12.0. The molecule has 3 rings (SSSR count). The van der Waals surface area contributed by atoms with Crippen LogP contribution in [0, 0.1) is 5.92 Å². The predicted molar refractivity (Wildman–Crippen MR) is 91.3 cm³/mol. The number of esters is 1.